The first-order chi connectivity index (χ1) is 7.08. The number of halogens is 3. The van der Waals surface area contributed by atoms with E-state index < -0.39 is 0 Å². The molecule has 0 saturated carbocycles. The van der Waals surface area contributed by atoms with Crippen LogP contribution in [0.2, 0.25) is 8.67 Å². The van der Waals surface area contributed by atoms with Gasteiger partial charge in [-0.15, -0.1) is 11.3 Å². The van der Waals surface area contributed by atoms with E-state index >= 15 is 0 Å². The predicted molar refractivity (Wildman–Crippen MR) is 69.5 cm³/mol. The minimum Gasteiger partial charge on any atom is -0.378 e. The van der Waals surface area contributed by atoms with E-state index in [-0.39, 0.29) is 4.83 Å². The summed E-state index contributed by atoms with van der Waals surface area (Å²) in [7, 11) is 0. The van der Waals surface area contributed by atoms with E-state index in [1.165, 1.54) is 11.3 Å². The molecule has 0 N–H and O–H groups in total. The van der Waals surface area contributed by atoms with Crippen LogP contribution in [-0.4, -0.2) is 12.7 Å². The molecule has 1 aliphatic rings. The van der Waals surface area contributed by atoms with E-state index in [1.807, 2.05) is 6.07 Å². The average molecular weight is 330 g/mol. The Morgan fingerprint density at radius 2 is 2.33 bits per heavy atom. The number of alkyl halides is 1. The van der Waals surface area contributed by atoms with Gasteiger partial charge in [0.15, 0.2) is 0 Å². The predicted octanol–water partition coefficient (Wildman–Crippen LogP) is 4.92. The Balaban J connectivity index is 2.13. The first-order valence-corrected chi connectivity index (χ1v) is 7.27. The molecule has 0 aliphatic carbocycles. The maximum absolute atomic E-state index is 6.12. The smallest absolute Gasteiger partial charge is 0.0987 e. The fraction of sp³-hybridized carbons (Fsp3) is 0.600. The van der Waals surface area contributed by atoms with Crippen LogP contribution in [0.25, 0.3) is 0 Å². The van der Waals surface area contributed by atoms with Crippen LogP contribution in [-0.2, 0) is 4.74 Å². The molecule has 1 saturated heterocycles. The van der Waals surface area contributed by atoms with Gasteiger partial charge in [0.05, 0.1) is 21.4 Å². The lowest BCUT2D eigenvalue weighted by Crippen LogP contribution is -2.07. The molecule has 15 heavy (non-hydrogen) atoms. The molecule has 0 radical (unpaired) electrons. The second-order valence-electron chi connectivity index (χ2n) is 3.82. The van der Waals surface area contributed by atoms with Gasteiger partial charge < -0.3 is 4.74 Å². The Kier molecular flexibility index (Phi) is 4.00. The molecule has 5 heteroatoms. The minimum absolute atomic E-state index is 0.249. The minimum atomic E-state index is 0.249. The van der Waals surface area contributed by atoms with Crippen molar-refractivity contribution in [3.63, 3.8) is 0 Å². The van der Waals surface area contributed by atoms with Gasteiger partial charge in [0.25, 0.3) is 0 Å². The second-order valence-corrected chi connectivity index (χ2v) is 7.09. The number of hydrogen-bond donors (Lipinski definition) is 0. The van der Waals surface area contributed by atoms with Crippen molar-refractivity contribution in [1.82, 2.24) is 0 Å². The standard InChI is InChI=1S/C10H11BrCl2OS/c1-5-2-6(4-14-5)9(11)7-3-8(12)15-10(7)13/h3,5-6,9H,2,4H2,1H3. The molecule has 84 valence electrons. The molecule has 1 fully saturated rings. The summed E-state index contributed by atoms with van der Waals surface area (Å²) in [6.45, 7) is 2.89. The third-order valence-corrected chi connectivity index (χ3v) is 5.38. The molecule has 0 spiro atoms. The van der Waals surface area contributed by atoms with Crippen molar-refractivity contribution in [3.8, 4) is 0 Å². The van der Waals surface area contributed by atoms with Gasteiger partial charge in [-0.25, -0.2) is 0 Å². The summed E-state index contributed by atoms with van der Waals surface area (Å²) < 4.78 is 7.07. The zero-order valence-corrected chi connectivity index (χ0v) is 12.1. The van der Waals surface area contributed by atoms with Gasteiger partial charge in [0, 0.05) is 10.7 Å². The van der Waals surface area contributed by atoms with Crippen molar-refractivity contribution in [2.45, 2.75) is 24.3 Å². The molecular weight excluding hydrogens is 319 g/mol. The largest absolute Gasteiger partial charge is 0.378 e. The van der Waals surface area contributed by atoms with Crippen LogP contribution in [0.5, 0.6) is 0 Å². The maximum Gasteiger partial charge on any atom is 0.0987 e. The Hall–Kier alpha value is 0.720. The van der Waals surface area contributed by atoms with Gasteiger partial charge in [-0.05, 0) is 25.0 Å². The molecule has 2 rings (SSSR count). The van der Waals surface area contributed by atoms with E-state index in [9.17, 15) is 0 Å². The summed E-state index contributed by atoms with van der Waals surface area (Å²) in [6, 6.07) is 1.94. The van der Waals surface area contributed by atoms with E-state index in [4.69, 9.17) is 27.9 Å². The highest BCUT2D eigenvalue weighted by atomic mass is 79.9. The quantitative estimate of drug-likeness (QED) is 0.700. The maximum atomic E-state index is 6.12. The summed E-state index contributed by atoms with van der Waals surface area (Å²) in [5, 5.41) is 0. The second kappa shape index (κ2) is 4.92. The monoisotopic (exact) mass is 328 g/mol. The lowest BCUT2D eigenvalue weighted by molar-refractivity contribution is 0.120. The molecule has 0 amide bonds. The molecule has 1 nitrogen and oxygen atoms in total. The fourth-order valence-electron chi connectivity index (χ4n) is 1.85. The number of ether oxygens (including phenoxy) is 1. The molecule has 2 heterocycles. The van der Waals surface area contributed by atoms with Gasteiger partial charge in [-0.3, -0.25) is 0 Å². The molecule has 1 aliphatic heterocycles. The Morgan fingerprint density at radius 1 is 1.60 bits per heavy atom. The summed E-state index contributed by atoms with van der Waals surface area (Å²) >= 11 is 17.2. The van der Waals surface area contributed by atoms with E-state index in [0.717, 1.165) is 27.3 Å². The normalized spacial score (nSPS) is 28.3. The van der Waals surface area contributed by atoms with Crippen molar-refractivity contribution in [2.75, 3.05) is 6.61 Å². The third-order valence-electron chi connectivity index (χ3n) is 2.62. The van der Waals surface area contributed by atoms with Gasteiger partial charge in [0.1, 0.15) is 0 Å². The molecular formula is C10H11BrCl2OS. The van der Waals surface area contributed by atoms with Crippen molar-refractivity contribution in [3.05, 3.63) is 20.3 Å². The number of thiophene rings is 1. The molecule has 3 atom stereocenters. The number of hydrogen-bond acceptors (Lipinski definition) is 2. The molecule has 1 aromatic rings. The molecule has 0 bridgehead atoms. The van der Waals surface area contributed by atoms with Crippen LogP contribution in [0.15, 0.2) is 6.07 Å². The van der Waals surface area contributed by atoms with Gasteiger partial charge in [-0.1, -0.05) is 39.1 Å². The van der Waals surface area contributed by atoms with Crippen LogP contribution >= 0.6 is 50.5 Å². The van der Waals surface area contributed by atoms with Crippen LogP contribution in [0.3, 0.4) is 0 Å². The summed E-state index contributed by atoms with van der Waals surface area (Å²) in [5.74, 6) is 0.489. The Bertz CT molecular complexity index is 355. The highest BCUT2D eigenvalue weighted by Gasteiger charge is 2.30. The average Bonchev–Trinajstić information content (AvgIpc) is 2.71. The zero-order chi connectivity index (χ0) is 11.0. The van der Waals surface area contributed by atoms with Gasteiger partial charge in [0.2, 0.25) is 0 Å². The molecule has 1 aromatic heterocycles. The van der Waals surface area contributed by atoms with Crippen LogP contribution < -0.4 is 0 Å². The Morgan fingerprint density at radius 3 is 2.80 bits per heavy atom. The highest BCUT2D eigenvalue weighted by molar-refractivity contribution is 9.09. The van der Waals surface area contributed by atoms with E-state index in [2.05, 4.69) is 22.9 Å². The van der Waals surface area contributed by atoms with Gasteiger partial charge >= 0.3 is 0 Å². The molecule has 0 aromatic carbocycles. The highest BCUT2D eigenvalue weighted by Crippen LogP contribution is 2.44. The third kappa shape index (κ3) is 2.70. The van der Waals surface area contributed by atoms with Crippen molar-refractivity contribution >= 4 is 50.5 Å². The lowest BCUT2D eigenvalue weighted by atomic mass is 9.99. The van der Waals surface area contributed by atoms with Crippen molar-refractivity contribution in [1.29, 1.82) is 0 Å². The zero-order valence-electron chi connectivity index (χ0n) is 8.17. The molecule has 3 unspecified atom stereocenters. The van der Waals surface area contributed by atoms with Crippen LogP contribution in [0.4, 0.5) is 0 Å². The summed E-state index contributed by atoms with van der Waals surface area (Å²) in [4.78, 5) is 0.249. The first-order valence-electron chi connectivity index (χ1n) is 4.78. The van der Waals surface area contributed by atoms with Crippen molar-refractivity contribution < 1.29 is 4.74 Å². The number of rotatable bonds is 2. The fourth-order valence-corrected chi connectivity index (χ4v) is 4.41. The Labute approximate surface area is 112 Å². The lowest BCUT2D eigenvalue weighted by Gasteiger charge is -2.15. The summed E-state index contributed by atoms with van der Waals surface area (Å²) in [5.41, 5.74) is 1.09. The first kappa shape index (κ1) is 12.2. The van der Waals surface area contributed by atoms with Crippen LogP contribution in [0.1, 0.15) is 23.7 Å². The van der Waals surface area contributed by atoms with E-state index in [0.29, 0.717) is 12.0 Å². The SMILES string of the molecule is CC1CC(C(Br)c2cc(Cl)sc2Cl)CO1. The van der Waals surface area contributed by atoms with Gasteiger partial charge in [-0.2, -0.15) is 0 Å². The summed E-state index contributed by atoms with van der Waals surface area (Å²) in [6.07, 6.45) is 1.42. The van der Waals surface area contributed by atoms with E-state index in [1.54, 1.807) is 0 Å². The topological polar surface area (TPSA) is 9.23 Å². The van der Waals surface area contributed by atoms with Crippen LogP contribution in [0, 0.1) is 5.92 Å². The van der Waals surface area contributed by atoms with Crippen molar-refractivity contribution in [2.24, 2.45) is 5.92 Å².